The van der Waals surface area contributed by atoms with E-state index in [-0.39, 0.29) is 24.6 Å². The second kappa shape index (κ2) is 4.74. The van der Waals surface area contributed by atoms with Gasteiger partial charge in [0.05, 0.1) is 11.1 Å². The highest BCUT2D eigenvalue weighted by Crippen LogP contribution is 2.28. The van der Waals surface area contributed by atoms with Gasteiger partial charge >= 0.3 is 11.8 Å². The third-order valence-corrected chi connectivity index (χ3v) is 4.34. The van der Waals surface area contributed by atoms with Crippen LogP contribution in [0.5, 0.6) is 0 Å². The number of hydrogen-bond acceptors (Lipinski definition) is 3. The molecule has 1 unspecified atom stereocenters. The van der Waals surface area contributed by atoms with E-state index in [1.54, 1.807) is 24.3 Å². The molecule has 0 aromatic heterocycles. The Morgan fingerprint density at radius 1 is 1.04 bits per heavy atom. The monoisotopic (exact) mass is 309 g/mol. The van der Waals surface area contributed by atoms with Crippen LogP contribution in [0.25, 0.3) is 10.8 Å². The zero-order valence-electron chi connectivity index (χ0n) is 12.1. The van der Waals surface area contributed by atoms with Crippen LogP contribution in [0.15, 0.2) is 36.4 Å². The molecule has 2 N–H and O–H groups in total. The van der Waals surface area contributed by atoms with Crippen molar-refractivity contribution in [3.05, 3.63) is 47.5 Å². The lowest BCUT2D eigenvalue weighted by Gasteiger charge is -2.21. The van der Waals surface area contributed by atoms with Gasteiger partial charge in [0.25, 0.3) is 5.91 Å². The molecule has 1 fully saturated rings. The van der Waals surface area contributed by atoms with Crippen LogP contribution in [0, 0.1) is 0 Å². The molecule has 0 bridgehead atoms. The fraction of sp³-hybridized carbons (Fsp3) is 0.176. The fourth-order valence-electron chi connectivity index (χ4n) is 3.28. The minimum absolute atomic E-state index is 0.138. The van der Waals surface area contributed by atoms with Crippen LogP contribution in [-0.4, -0.2) is 39.3 Å². The number of imide groups is 1. The van der Waals surface area contributed by atoms with E-state index in [4.69, 9.17) is 0 Å². The lowest BCUT2D eigenvalue weighted by Crippen LogP contribution is -2.53. The predicted molar refractivity (Wildman–Crippen MR) is 81.4 cm³/mol. The van der Waals surface area contributed by atoms with Crippen molar-refractivity contribution >= 4 is 34.4 Å². The Balaban J connectivity index is 1.94. The summed E-state index contributed by atoms with van der Waals surface area (Å²) in [5.41, 5.74) is 0.961. The molecule has 2 aliphatic rings. The molecule has 4 rings (SSSR count). The Hall–Kier alpha value is -3.02. The van der Waals surface area contributed by atoms with Gasteiger partial charge in [0.2, 0.25) is 11.9 Å². The Kier molecular flexibility index (Phi) is 2.81. The van der Waals surface area contributed by atoms with E-state index < -0.39 is 17.9 Å². The third kappa shape index (κ3) is 1.88. The number of carbonyl (C=O) groups excluding carboxylic acids is 3. The minimum atomic E-state index is -0.885. The molecule has 1 saturated heterocycles. The average molecular weight is 309 g/mol. The molecule has 6 nitrogen and oxygen atoms in total. The number of piperidine rings is 1. The lowest BCUT2D eigenvalue weighted by molar-refractivity contribution is -0.467. The van der Waals surface area contributed by atoms with Gasteiger partial charge in [-0.05, 0) is 17.5 Å². The largest absolute Gasteiger partial charge is 0.459 e. The zero-order chi connectivity index (χ0) is 16.1. The normalized spacial score (nSPS) is 20.9. The molecule has 0 spiro atoms. The first kappa shape index (κ1) is 13.6. The lowest BCUT2D eigenvalue weighted by atomic mass is 9.94. The first-order valence-corrected chi connectivity index (χ1v) is 7.33. The fourth-order valence-corrected chi connectivity index (χ4v) is 3.28. The smallest absolute Gasteiger partial charge is 0.423 e. The van der Waals surface area contributed by atoms with Gasteiger partial charge in [-0.3, -0.25) is 14.9 Å². The van der Waals surface area contributed by atoms with E-state index in [2.05, 4.69) is 5.32 Å². The molecule has 2 aromatic rings. The van der Waals surface area contributed by atoms with E-state index in [0.29, 0.717) is 16.5 Å². The quantitative estimate of drug-likeness (QED) is 0.610. The number of rotatable bonds is 1. The van der Waals surface area contributed by atoms with Crippen LogP contribution in [0.3, 0.4) is 0 Å². The standard InChI is InChI=1S/C17H12N2O4/c20-13-8-7-12(15(21)18-13)19-16(22)10-5-1-3-9-4-2-6-11(14(9)10)17(19)23/h1-6,12H,7-8H2,(H,18,20,21)/p+1. The van der Waals surface area contributed by atoms with Gasteiger partial charge in [-0.1, -0.05) is 24.3 Å². The van der Waals surface area contributed by atoms with Crippen LogP contribution in [-0.2, 0) is 9.59 Å². The van der Waals surface area contributed by atoms with Gasteiger partial charge in [-0.15, -0.1) is 4.58 Å². The molecule has 114 valence electrons. The number of benzene rings is 2. The van der Waals surface area contributed by atoms with Crippen LogP contribution >= 0.6 is 0 Å². The van der Waals surface area contributed by atoms with Crippen molar-refractivity contribution in [1.29, 1.82) is 0 Å². The summed E-state index contributed by atoms with van der Waals surface area (Å²) < 4.78 is 1.10. The van der Waals surface area contributed by atoms with Gasteiger partial charge in [0.1, 0.15) is 0 Å². The second-order valence-electron chi connectivity index (χ2n) is 5.67. The van der Waals surface area contributed by atoms with Crippen molar-refractivity contribution in [2.45, 2.75) is 18.9 Å². The summed E-state index contributed by atoms with van der Waals surface area (Å²) >= 11 is 0. The van der Waals surface area contributed by atoms with E-state index in [1.807, 2.05) is 12.1 Å². The maximum atomic E-state index is 12.8. The topological polar surface area (TPSA) is 86.5 Å². The van der Waals surface area contributed by atoms with Crippen LogP contribution in [0.2, 0.25) is 0 Å². The maximum absolute atomic E-state index is 12.8. The molecule has 2 heterocycles. The van der Waals surface area contributed by atoms with Gasteiger partial charge < -0.3 is 5.11 Å². The first-order chi connectivity index (χ1) is 11.1. The summed E-state index contributed by atoms with van der Waals surface area (Å²) in [7, 11) is 0. The zero-order valence-corrected chi connectivity index (χ0v) is 12.1. The Labute approximate surface area is 131 Å². The number of nitrogens with zero attached hydrogens (tertiary/aromatic N) is 1. The Bertz CT molecular complexity index is 924. The number of aliphatic hydroxyl groups is 1. The number of aliphatic hydroxyl groups excluding tert-OH is 1. The van der Waals surface area contributed by atoms with Gasteiger partial charge in [0.15, 0.2) is 0 Å². The molecule has 2 aromatic carbocycles. The molecule has 6 heteroatoms. The molecule has 2 aliphatic heterocycles. The SMILES string of the molecule is O=C1CCC([N+]2=C(O)c3cccc4cccc(c34)C2=O)C(=O)N1. The number of amides is 3. The molecule has 23 heavy (non-hydrogen) atoms. The summed E-state index contributed by atoms with van der Waals surface area (Å²) in [6.45, 7) is 0. The molecule has 0 aliphatic carbocycles. The van der Waals surface area contributed by atoms with Crippen LogP contribution < -0.4 is 5.32 Å². The molecule has 0 saturated carbocycles. The Morgan fingerprint density at radius 2 is 1.74 bits per heavy atom. The number of nitrogens with one attached hydrogen (secondary N) is 1. The maximum Gasteiger partial charge on any atom is 0.423 e. The van der Waals surface area contributed by atoms with Crippen molar-refractivity contribution in [1.82, 2.24) is 5.32 Å². The summed E-state index contributed by atoms with van der Waals surface area (Å²) in [4.78, 5) is 36.2. The highest BCUT2D eigenvalue weighted by Gasteiger charge is 2.45. The highest BCUT2D eigenvalue weighted by molar-refractivity contribution is 6.18. The molecule has 1 atom stereocenters. The number of carbonyl (C=O) groups is 3. The molecule has 3 amide bonds. The van der Waals surface area contributed by atoms with E-state index in [1.165, 1.54) is 0 Å². The Morgan fingerprint density at radius 3 is 2.43 bits per heavy atom. The van der Waals surface area contributed by atoms with Crippen LogP contribution in [0.1, 0.15) is 28.8 Å². The predicted octanol–water partition coefficient (Wildman–Crippen LogP) is 1.12. The summed E-state index contributed by atoms with van der Waals surface area (Å²) in [5, 5.41) is 14.3. The van der Waals surface area contributed by atoms with Crippen molar-refractivity contribution in [2.75, 3.05) is 0 Å². The van der Waals surface area contributed by atoms with E-state index in [0.717, 1.165) is 9.96 Å². The second-order valence-corrected chi connectivity index (χ2v) is 5.67. The van der Waals surface area contributed by atoms with E-state index >= 15 is 0 Å². The number of hydrogen-bond donors (Lipinski definition) is 2. The van der Waals surface area contributed by atoms with Crippen molar-refractivity contribution in [2.24, 2.45) is 0 Å². The van der Waals surface area contributed by atoms with Gasteiger partial charge in [0, 0.05) is 18.2 Å². The molecular weight excluding hydrogens is 296 g/mol. The van der Waals surface area contributed by atoms with Crippen LogP contribution in [0.4, 0.5) is 0 Å². The average Bonchev–Trinajstić information content (AvgIpc) is 2.54. The first-order valence-electron chi connectivity index (χ1n) is 7.33. The highest BCUT2D eigenvalue weighted by atomic mass is 16.3. The molecular formula is C17H13N2O4+. The van der Waals surface area contributed by atoms with Gasteiger partial charge in [-0.25, -0.2) is 4.79 Å². The summed E-state index contributed by atoms with van der Waals surface area (Å²) in [6, 6.07) is 9.80. The minimum Gasteiger partial charge on any atom is -0.459 e. The van der Waals surface area contributed by atoms with Crippen molar-refractivity contribution in [3.63, 3.8) is 0 Å². The third-order valence-electron chi connectivity index (χ3n) is 4.34. The summed E-state index contributed by atoms with van der Waals surface area (Å²) in [5.74, 6) is -1.60. The summed E-state index contributed by atoms with van der Waals surface area (Å²) in [6.07, 6.45) is 0.331. The van der Waals surface area contributed by atoms with Gasteiger partial charge in [-0.2, -0.15) is 0 Å². The van der Waals surface area contributed by atoms with Crippen molar-refractivity contribution < 1.29 is 24.1 Å². The van der Waals surface area contributed by atoms with E-state index in [9.17, 15) is 19.5 Å². The molecule has 0 radical (unpaired) electrons. The van der Waals surface area contributed by atoms with Crippen molar-refractivity contribution in [3.8, 4) is 0 Å².